The first kappa shape index (κ1) is 13.4. The fourth-order valence-corrected chi connectivity index (χ4v) is 3.10. The lowest BCUT2D eigenvalue weighted by Gasteiger charge is -2.00. The smallest absolute Gasteiger partial charge is 0.239 e. The van der Waals surface area contributed by atoms with Crippen LogP contribution in [0.4, 0.5) is 5.69 Å². The molecule has 0 aromatic carbocycles. The summed E-state index contributed by atoms with van der Waals surface area (Å²) in [7, 11) is 0. The number of carbonyl (C=O) groups excluding carboxylic acids is 1. The number of amides is 1. The summed E-state index contributed by atoms with van der Waals surface area (Å²) in [4.78, 5) is 11.8. The number of rotatable bonds is 5. The van der Waals surface area contributed by atoms with Crippen LogP contribution in [0.1, 0.15) is 4.88 Å². The topological polar surface area (TPSA) is 72.9 Å². The van der Waals surface area contributed by atoms with Gasteiger partial charge in [-0.25, -0.2) is 0 Å². The zero-order valence-electron chi connectivity index (χ0n) is 9.19. The molecule has 0 aliphatic carbocycles. The van der Waals surface area contributed by atoms with Crippen molar-refractivity contribution in [1.82, 2.24) is 9.78 Å². The van der Waals surface area contributed by atoms with Crippen LogP contribution in [0.3, 0.4) is 0 Å². The van der Waals surface area contributed by atoms with Crippen molar-refractivity contribution in [2.75, 3.05) is 5.32 Å². The van der Waals surface area contributed by atoms with Crippen molar-refractivity contribution < 1.29 is 4.79 Å². The Morgan fingerprint density at radius 3 is 3.06 bits per heavy atom. The Kier molecular flexibility index (Phi) is 4.26. The van der Waals surface area contributed by atoms with E-state index in [1.54, 1.807) is 12.4 Å². The first-order chi connectivity index (χ1) is 8.54. The molecule has 0 saturated carbocycles. The van der Waals surface area contributed by atoms with Gasteiger partial charge in [-0.05, 0) is 22.0 Å². The highest BCUT2D eigenvalue weighted by Gasteiger charge is 2.05. The van der Waals surface area contributed by atoms with Crippen LogP contribution >= 0.6 is 38.9 Å². The van der Waals surface area contributed by atoms with Gasteiger partial charge in [0, 0.05) is 22.1 Å². The van der Waals surface area contributed by atoms with Gasteiger partial charge in [0.15, 0.2) is 0 Å². The van der Waals surface area contributed by atoms with E-state index in [-0.39, 0.29) is 6.54 Å². The standard InChI is InChI=1S/C10H10BrClN4OS/c11-8-1-7(18-10(8)12)3-14-6-2-15-16(4-6)5-9(13)17/h1-2,4,14H,3,5H2,(H2,13,17). The largest absolute Gasteiger partial charge is 0.378 e. The highest BCUT2D eigenvalue weighted by atomic mass is 79.9. The molecule has 96 valence electrons. The molecule has 0 fully saturated rings. The molecule has 0 aliphatic rings. The second-order valence-electron chi connectivity index (χ2n) is 3.58. The highest BCUT2D eigenvalue weighted by Crippen LogP contribution is 2.32. The molecule has 0 atom stereocenters. The number of anilines is 1. The fourth-order valence-electron chi connectivity index (χ4n) is 1.37. The molecular formula is C10H10BrClN4OS. The maximum Gasteiger partial charge on any atom is 0.239 e. The Morgan fingerprint density at radius 1 is 1.67 bits per heavy atom. The van der Waals surface area contributed by atoms with E-state index in [2.05, 4.69) is 26.3 Å². The zero-order valence-corrected chi connectivity index (χ0v) is 12.3. The quantitative estimate of drug-likeness (QED) is 0.871. The van der Waals surface area contributed by atoms with Gasteiger partial charge in [-0.15, -0.1) is 11.3 Å². The average molecular weight is 350 g/mol. The lowest BCUT2D eigenvalue weighted by atomic mass is 10.4. The Bertz CT molecular complexity index is 548. The van der Waals surface area contributed by atoms with E-state index in [4.69, 9.17) is 17.3 Å². The summed E-state index contributed by atoms with van der Waals surface area (Å²) in [6.07, 6.45) is 3.38. The molecule has 1 amide bonds. The maximum atomic E-state index is 10.7. The molecule has 0 saturated heterocycles. The number of primary amides is 1. The van der Waals surface area contributed by atoms with Crippen LogP contribution in [0.25, 0.3) is 0 Å². The van der Waals surface area contributed by atoms with Gasteiger partial charge in [-0.1, -0.05) is 11.6 Å². The third-order valence-electron chi connectivity index (χ3n) is 2.11. The number of halogens is 2. The first-order valence-corrected chi connectivity index (χ1v) is 7.01. The minimum atomic E-state index is -0.418. The minimum absolute atomic E-state index is 0.0814. The van der Waals surface area contributed by atoms with Crippen molar-refractivity contribution in [3.63, 3.8) is 0 Å². The molecule has 2 heterocycles. The second kappa shape index (κ2) is 5.73. The lowest BCUT2D eigenvalue weighted by molar-refractivity contribution is -0.118. The zero-order chi connectivity index (χ0) is 13.1. The van der Waals surface area contributed by atoms with Gasteiger partial charge in [-0.3, -0.25) is 9.48 Å². The number of hydrogen-bond donors (Lipinski definition) is 2. The monoisotopic (exact) mass is 348 g/mol. The molecule has 0 bridgehead atoms. The Hall–Kier alpha value is -1.05. The molecule has 8 heteroatoms. The van der Waals surface area contributed by atoms with Gasteiger partial charge in [0.05, 0.1) is 11.9 Å². The van der Waals surface area contributed by atoms with Crippen molar-refractivity contribution in [1.29, 1.82) is 0 Å². The molecule has 0 unspecified atom stereocenters. The van der Waals surface area contributed by atoms with Crippen LogP contribution in [0, 0.1) is 0 Å². The van der Waals surface area contributed by atoms with Crippen LogP contribution in [0.15, 0.2) is 22.9 Å². The normalized spacial score (nSPS) is 10.6. The van der Waals surface area contributed by atoms with Crippen LogP contribution in [-0.2, 0) is 17.9 Å². The lowest BCUT2D eigenvalue weighted by Crippen LogP contribution is -2.18. The van der Waals surface area contributed by atoms with Crippen LogP contribution in [0.2, 0.25) is 4.34 Å². The number of nitrogens with zero attached hydrogens (tertiary/aromatic N) is 2. The summed E-state index contributed by atoms with van der Waals surface area (Å²) in [6, 6.07) is 1.97. The van der Waals surface area contributed by atoms with Gasteiger partial charge in [0.2, 0.25) is 5.91 Å². The van der Waals surface area contributed by atoms with Crippen molar-refractivity contribution >= 4 is 50.5 Å². The van der Waals surface area contributed by atoms with E-state index in [0.717, 1.165) is 19.4 Å². The molecule has 2 rings (SSSR count). The number of thiophene rings is 1. The minimum Gasteiger partial charge on any atom is -0.378 e. The van der Waals surface area contributed by atoms with Crippen LogP contribution < -0.4 is 11.1 Å². The summed E-state index contributed by atoms with van der Waals surface area (Å²) >= 11 is 10.8. The summed E-state index contributed by atoms with van der Waals surface area (Å²) < 4.78 is 3.12. The van der Waals surface area contributed by atoms with Crippen molar-refractivity contribution in [3.05, 3.63) is 32.1 Å². The number of carbonyl (C=O) groups is 1. The van der Waals surface area contributed by atoms with E-state index >= 15 is 0 Å². The third-order valence-corrected chi connectivity index (χ3v) is 4.59. The predicted octanol–water partition coefficient (Wildman–Crippen LogP) is 2.46. The average Bonchev–Trinajstić information content (AvgIpc) is 2.84. The van der Waals surface area contributed by atoms with Gasteiger partial charge in [0.25, 0.3) is 0 Å². The number of hydrogen-bond acceptors (Lipinski definition) is 4. The molecule has 3 N–H and O–H groups in total. The second-order valence-corrected chi connectivity index (χ2v) is 6.17. The highest BCUT2D eigenvalue weighted by molar-refractivity contribution is 9.10. The van der Waals surface area contributed by atoms with Crippen molar-refractivity contribution in [3.8, 4) is 0 Å². The molecule has 5 nitrogen and oxygen atoms in total. The molecule has 0 radical (unpaired) electrons. The Labute approximate surface area is 121 Å². The summed E-state index contributed by atoms with van der Waals surface area (Å²) in [6.45, 7) is 0.732. The summed E-state index contributed by atoms with van der Waals surface area (Å²) in [5.41, 5.74) is 5.91. The van der Waals surface area contributed by atoms with Gasteiger partial charge < -0.3 is 11.1 Å². The number of nitrogens with two attached hydrogens (primary N) is 1. The molecular weight excluding hydrogens is 340 g/mol. The molecule has 18 heavy (non-hydrogen) atoms. The van der Waals surface area contributed by atoms with Crippen LogP contribution in [-0.4, -0.2) is 15.7 Å². The Balaban J connectivity index is 1.93. The van der Waals surface area contributed by atoms with E-state index in [1.807, 2.05) is 6.07 Å². The van der Waals surface area contributed by atoms with E-state index in [0.29, 0.717) is 6.54 Å². The van der Waals surface area contributed by atoms with Crippen molar-refractivity contribution in [2.24, 2.45) is 5.73 Å². The molecule has 2 aromatic heterocycles. The third kappa shape index (κ3) is 3.47. The molecule has 0 spiro atoms. The number of aromatic nitrogens is 2. The maximum absolute atomic E-state index is 10.7. The summed E-state index contributed by atoms with van der Waals surface area (Å²) in [5, 5.41) is 7.20. The summed E-state index contributed by atoms with van der Waals surface area (Å²) in [5.74, 6) is -0.418. The first-order valence-electron chi connectivity index (χ1n) is 5.03. The van der Waals surface area contributed by atoms with E-state index in [9.17, 15) is 4.79 Å². The van der Waals surface area contributed by atoms with Gasteiger partial charge >= 0.3 is 0 Å². The van der Waals surface area contributed by atoms with Gasteiger partial charge in [-0.2, -0.15) is 5.10 Å². The predicted molar refractivity (Wildman–Crippen MR) is 75.8 cm³/mol. The molecule has 2 aromatic rings. The van der Waals surface area contributed by atoms with Crippen LogP contribution in [0.5, 0.6) is 0 Å². The van der Waals surface area contributed by atoms with Gasteiger partial charge in [0.1, 0.15) is 10.9 Å². The number of nitrogens with one attached hydrogen (secondary N) is 1. The Morgan fingerprint density at radius 2 is 2.44 bits per heavy atom. The van der Waals surface area contributed by atoms with Crippen molar-refractivity contribution in [2.45, 2.75) is 13.1 Å². The SMILES string of the molecule is NC(=O)Cn1cc(NCc2cc(Br)c(Cl)s2)cn1. The van der Waals surface area contributed by atoms with E-state index in [1.165, 1.54) is 16.0 Å². The molecule has 0 aliphatic heterocycles. The fraction of sp³-hybridized carbons (Fsp3) is 0.200. The van der Waals surface area contributed by atoms with E-state index < -0.39 is 5.91 Å².